The molecule has 0 bridgehead atoms. The van der Waals surface area contributed by atoms with Crippen molar-refractivity contribution in [1.29, 1.82) is 0 Å². The standard InChI is InChI=1S/C21H24N2O/c24-19(14-16-10-6-7-13-22-16)23-21-18-12-5-4-11-17(18)20(21)15-8-2-1-3-9-15/h1-3,6-10,13,17-18,20-21H,4-5,11-12,14H2,(H,23,24)/t17-,18-,20+,21+/m1/s1. The zero-order chi connectivity index (χ0) is 16.4. The first kappa shape index (κ1) is 15.4. The SMILES string of the molecule is O=C(Cc1ccccn1)N[C@H]1[C@@H]2CCCC[C@H]2[C@@H]1c1ccccc1. The van der Waals surface area contributed by atoms with E-state index < -0.39 is 0 Å². The monoisotopic (exact) mass is 320 g/mol. The van der Waals surface area contributed by atoms with E-state index in [0.29, 0.717) is 18.3 Å². The molecule has 1 aromatic carbocycles. The molecule has 124 valence electrons. The Bertz CT molecular complexity index is 685. The number of carbonyl (C=O) groups is 1. The average Bonchev–Trinajstić information content (AvgIpc) is 2.62. The molecule has 3 nitrogen and oxygen atoms in total. The molecule has 0 radical (unpaired) electrons. The minimum Gasteiger partial charge on any atom is -0.352 e. The van der Waals surface area contributed by atoms with Gasteiger partial charge >= 0.3 is 0 Å². The Labute approximate surface area is 143 Å². The van der Waals surface area contributed by atoms with Crippen molar-refractivity contribution in [3.05, 3.63) is 66.0 Å². The van der Waals surface area contributed by atoms with Gasteiger partial charge in [-0.3, -0.25) is 9.78 Å². The van der Waals surface area contributed by atoms with Crippen LogP contribution >= 0.6 is 0 Å². The van der Waals surface area contributed by atoms with Crippen LogP contribution in [0.15, 0.2) is 54.7 Å². The minimum atomic E-state index is 0.101. The van der Waals surface area contributed by atoms with Gasteiger partial charge in [0.05, 0.1) is 6.42 Å². The molecular formula is C21H24N2O. The molecule has 0 unspecified atom stereocenters. The Kier molecular flexibility index (Phi) is 4.33. The molecule has 4 rings (SSSR count). The van der Waals surface area contributed by atoms with Gasteiger partial charge in [0.2, 0.25) is 5.91 Å². The fourth-order valence-electron chi connectivity index (χ4n) is 4.70. The maximum atomic E-state index is 12.5. The third-order valence-corrected chi connectivity index (χ3v) is 5.76. The maximum absolute atomic E-state index is 12.5. The number of aromatic nitrogens is 1. The van der Waals surface area contributed by atoms with E-state index in [1.165, 1.54) is 31.2 Å². The maximum Gasteiger partial charge on any atom is 0.226 e. The van der Waals surface area contributed by atoms with E-state index in [1.807, 2.05) is 18.2 Å². The van der Waals surface area contributed by atoms with Gasteiger partial charge in [-0.1, -0.05) is 49.2 Å². The third-order valence-electron chi connectivity index (χ3n) is 5.76. The molecule has 2 saturated carbocycles. The van der Waals surface area contributed by atoms with E-state index in [2.05, 4.69) is 40.6 Å². The topological polar surface area (TPSA) is 42.0 Å². The summed E-state index contributed by atoms with van der Waals surface area (Å²) in [6.07, 6.45) is 7.31. The van der Waals surface area contributed by atoms with Crippen molar-refractivity contribution in [3.63, 3.8) is 0 Å². The number of hydrogen-bond donors (Lipinski definition) is 1. The summed E-state index contributed by atoms with van der Waals surface area (Å²) in [7, 11) is 0. The highest BCUT2D eigenvalue weighted by molar-refractivity contribution is 5.78. The highest BCUT2D eigenvalue weighted by Gasteiger charge is 2.51. The van der Waals surface area contributed by atoms with Crippen LogP contribution in [0, 0.1) is 11.8 Å². The molecule has 24 heavy (non-hydrogen) atoms. The van der Waals surface area contributed by atoms with Gasteiger partial charge in [0.1, 0.15) is 0 Å². The molecule has 2 aromatic rings. The average molecular weight is 320 g/mol. The Morgan fingerprint density at radius 3 is 2.50 bits per heavy atom. The van der Waals surface area contributed by atoms with Crippen molar-refractivity contribution in [2.24, 2.45) is 11.8 Å². The lowest BCUT2D eigenvalue weighted by atomic mass is 9.53. The molecule has 0 aliphatic heterocycles. The summed E-state index contributed by atoms with van der Waals surface area (Å²) >= 11 is 0. The Morgan fingerprint density at radius 1 is 1.00 bits per heavy atom. The van der Waals surface area contributed by atoms with E-state index in [9.17, 15) is 4.79 Å². The normalized spacial score (nSPS) is 28.5. The van der Waals surface area contributed by atoms with Gasteiger partial charge in [-0.25, -0.2) is 0 Å². The number of fused-ring (bicyclic) bond motifs is 1. The fraction of sp³-hybridized carbons (Fsp3) is 0.429. The Balaban J connectivity index is 1.48. The number of nitrogens with zero attached hydrogens (tertiary/aromatic N) is 1. The van der Waals surface area contributed by atoms with E-state index >= 15 is 0 Å². The number of carbonyl (C=O) groups excluding carboxylic acids is 1. The first-order chi connectivity index (χ1) is 11.8. The largest absolute Gasteiger partial charge is 0.352 e. The predicted molar refractivity (Wildman–Crippen MR) is 94.5 cm³/mol. The van der Waals surface area contributed by atoms with Crippen LogP contribution in [0.5, 0.6) is 0 Å². The second kappa shape index (κ2) is 6.76. The quantitative estimate of drug-likeness (QED) is 0.933. The first-order valence-electron chi connectivity index (χ1n) is 9.07. The summed E-state index contributed by atoms with van der Waals surface area (Å²) in [5.41, 5.74) is 2.22. The summed E-state index contributed by atoms with van der Waals surface area (Å²) in [6.45, 7) is 0. The number of benzene rings is 1. The van der Waals surface area contributed by atoms with E-state index in [1.54, 1.807) is 6.20 Å². The van der Waals surface area contributed by atoms with Gasteiger partial charge in [-0.2, -0.15) is 0 Å². The molecule has 1 N–H and O–H groups in total. The van der Waals surface area contributed by atoms with Crippen LogP contribution in [-0.4, -0.2) is 16.9 Å². The first-order valence-corrected chi connectivity index (χ1v) is 9.07. The molecule has 1 heterocycles. The summed E-state index contributed by atoms with van der Waals surface area (Å²) < 4.78 is 0. The van der Waals surface area contributed by atoms with Gasteiger partial charge < -0.3 is 5.32 Å². The number of rotatable bonds is 4. The summed E-state index contributed by atoms with van der Waals surface area (Å²) in [5.74, 6) is 1.96. The fourth-order valence-corrected chi connectivity index (χ4v) is 4.70. The summed E-state index contributed by atoms with van der Waals surface area (Å²) in [4.78, 5) is 16.8. The number of hydrogen-bond acceptors (Lipinski definition) is 2. The lowest BCUT2D eigenvalue weighted by Gasteiger charge is -2.55. The number of amides is 1. The molecule has 0 saturated heterocycles. The second-order valence-electron chi connectivity index (χ2n) is 7.14. The van der Waals surface area contributed by atoms with Crippen molar-refractivity contribution in [2.75, 3.05) is 0 Å². The molecular weight excluding hydrogens is 296 g/mol. The van der Waals surface area contributed by atoms with E-state index in [-0.39, 0.29) is 11.9 Å². The zero-order valence-electron chi connectivity index (χ0n) is 13.9. The van der Waals surface area contributed by atoms with Crippen LogP contribution in [0.4, 0.5) is 0 Å². The molecule has 2 aliphatic rings. The van der Waals surface area contributed by atoms with Gasteiger partial charge in [0, 0.05) is 23.9 Å². The van der Waals surface area contributed by atoms with E-state index in [0.717, 1.165) is 11.6 Å². The van der Waals surface area contributed by atoms with E-state index in [4.69, 9.17) is 0 Å². The zero-order valence-corrected chi connectivity index (χ0v) is 13.9. The van der Waals surface area contributed by atoms with Gasteiger partial charge in [0.15, 0.2) is 0 Å². The summed E-state index contributed by atoms with van der Waals surface area (Å²) in [6, 6.07) is 16.7. The Hall–Kier alpha value is -2.16. The molecule has 1 amide bonds. The number of pyridine rings is 1. The molecule has 4 atom stereocenters. The smallest absolute Gasteiger partial charge is 0.226 e. The molecule has 2 aliphatic carbocycles. The molecule has 1 aromatic heterocycles. The second-order valence-corrected chi connectivity index (χ2v) is 7.14. The highest BCUT2D eigenvalue weighted by Crippen LogP contribution is 2.54. The molecule has 3 heteroatoms. The lowest BCUT2D eigenvalue weighted by Crippen LogP contribution is -2.59. The van der Waals surface area contributed by atoms with Crippen LogP contribution in [-0.2, 0) is 11.2 Å². The summed E-state index contributed by atoms with van der Waals surface area (Å²) in [5, 5.41) is 3.33. The molecule has 0 spiro atoms. The van der Waals surface area contributed by atoms with Crippen LogP contribution < -0.4 is 5.32 Å². The lowest BCUT2D eigenvalue weighted by molar-refractivity contribution is -0.124. The van der Waals surface area contributed by atoms with Gasteiger partial charge in [-0.15, -0.1) is 0 Å². The van der Waals surface area contributed by atoms with Crippen molar-refractivity contribution in [1.82, 2.24) is 10.3 Å². The van der Waals surface area contributed by atoms with Gasteiger partial charge in [0.25, 0.3) is 0 Å². The minimum absolute atomic E-state index is 0.101. The van der Waals surface area contributed by atoms with Crippen molar-refractivity contribution < 1.29 is 4.79 Å². The van der Waals surface area contributed by atoms with Crippen LogP contribution in [0.3, 0.4) is 0 Å². The number of nitrogens with one attached hydrogen (secondary N) is 1. The van der Waals surface area contributed by atoms with Crippen LogP contribution in [0.1, 0.15) is 42.9 Å². The predicted octanol–water partition coefficient (Wildman–Crippen LogP) is 3.71. The van der Waals surface area contributed by atoms with Crippen molar-refractivity contribution in [3.8, 4) is 0 Å². The van der Waals surface area contributed by atoms with Crippen LogP contribution in [0.25, 0.3) is 0 Å². The third kappa shape index (κ3) is 2.95. The highest BCUT2D eigenvalue weighted by atomic mass is 16.1. The van der Waals surface area contributed by atoms with Gasteiger partial charge in [-0.05, 0) is 42.4 Å². The van der Waals surface area contributed by atoms with Crippen molar-refractivity contribution >= 4 is 5.91 Å². The van der Waals surface area contributed by atoms with Crippen LogP contribution in [0.2, 0.25) is 0 Å². The van der Waals surface area contributed by atoms with Crippen molar-refractivity contribution in [2.45, 2.75) is 44.1 Å². The molecule has 2 fully saturated rings. The Morgan fingerprint density at radius 2 is 1.75 bits per heavy atom.